The summed E-state index contributed by atoms with van der Waals surface area (Å²) in [6, 6.07) is 6.27. The van der Waals surface area contributed by atoms with Crippen molar-refractivity contribution in [1.29, 1.82) is 0 Å². The molecular formula is C11H14Cl2N2. The predicted molar refractivity (Wildman–Crippen MR) is 66.1 cm³/mol. The fourth-order valence-electron chi connectivity index (χ4n) is 1.93. The standard InChI is InChI=1S/C11H14Cl2N2/c1-15(8-5-6-14-7-8)10-4-2-3-9(12)11(10)13/h2-4,8,14H,5-7H2,1H3. The van der Waals surface area contributed by atoms with Gasteiger partial charge >= 0.3 is 0 Å². The van der Waals surface area contributed by atoms with E-state index in [0.29, 0.717) is 16.1 Å². The number of rotatable bonds is 2. The maximum atomic E-state index is 6.17. The van der Waals surface area contributed by atoms with Gasteiger partial charge in [-0.25, -0.2) is 0 Å². The van der Waals surface area contributed by atoms with E-state index >= 15 is 0 Å². The van der Waals surface area contributed by atoms with Crippen LogP contribution in [0.5, 0.6) is 0 Å². The van der Waals surface area contributed by atoms with Crippen LogP contribution in [0.4, 0.5) is 5.69 Å². The molecule has 0 spiro atoms. The third-order valence-electron chi connectivity index (χ3n) is 2.89. The van der Waals surface area contributed by atoms with Crippen molar-refractivity contribution in [2.75, 3.05) is 25.0 Å². The maximum absolute atomic E-state index is 6.17. The number of hydrogen-bond acceptors (Lipinski definition) is 2. The summed E-state index contributed by atoms with van der Waals surface area (Å²) < 4.78 is 0. The Kier molecular flexibility index (Phi) is 3.39. The molecule has 1 aliphatic rings. The molecule has 15 heavy (non-hydrogen) atoms. The van der Waals surface area contributed by atoms with Crippen LogP contribution < -0.4 is 10.2 Å². The van der Waals surface area contributed by atoms with Crippen LogP contribution in [0.3, 0.4) is 0 Å². The molecule has 1 saturated heterocycles. The number of anilines is 1. The van der Waals surface area contributed by atoms with Gasteiger partial charge in [-0.1, -0.05) is 29.3 Å². The van der Waals surface area contributed by atoms with Crippen molar-refractivity contribution in [3.63, 3.8) is 0 Å². The second kappa shape index (κ2) is 4.60. The maximum Gasteiger partial charge on any atom is 0.0825 e. The highest BCUT2D eigenvalue weighted by Crippen LogP contribution is 2.33. The SMILES string of the molecule is CN(c1cccc(Cl)c1Cl)C1CCNC1. The van der Waals surface area contributed by atoms with E-state index in [4.69, 9.17) is 23.2 Å². The summed E-state index contributed by atoms with van der Waals surface area (Å²) >= 11 is 12.2. The van der Waals surface area contributed by atoms with Gasteiger partial charge in [0.25, 0.3) is 0 Å². The quantitative estimate of drug-likeness (QED) is 0.861. The van der Waals surface area contributed by atoms with Crippen LogP contribution in [0, 0.1) is 0 Å². The monoisotopic (exact) mass is 244 g/mol. The molecular weight excluding hydrogens is 231 g/mol. The van der Waals surface area contributed by atoms with Gasteiger partial charge in [0.1, 0.15) is 0 Å². The summed E-state index contributed by atoms with van der Waals surface area (Å²) in [5.41, 5.74) is 1.01. The van der Waals surface area contributed by atoms with Gasteiger partial charge in [-0.2, -0.15) is 0 Å². The molecule has 1 unspecified atom stereocenters. The summed E-state index contributed by atoms with van der Waals surface area (Å²) in [7, 11) is 2.06. The lowest BCUT2D eigenvalue weighted by Crippen LogP contribution is -2.33. The van der Waals surface area contributed by atoms with Gasteiger partial charge in [-0.15, -0.1) is 0 Å². The predicted octanol–water partition coefficient (Wildman–Crippen LogP) is 2.79. The smallest absolute Gasteiger partial charge is 0.0825 e. The van der Waals surface area contributed by atoms with Crippen LogP contribution in [0.15, 0.2) is 18.2 Å². The number of likely N-dealkylation sites (N-methyl/N-ethyl adjacent to an activating group) is 1. The van der Waals surface area contributed by atoms with Gasteiger partial charge in [0.05, 0.1) is 15.7 Å². The summed E-state index contributed by atoms with van der Waals surface area (Å²) in [6.45, 7) is 2.09. The molecule has 0 aromatic heterocycles. The van der Waals surface area contributed by atoms with E-state index in [-0.39, 0.29) is 0 Å². The molecule has 82 valence electrons. The topological polar surface area (TPSA) is 15.3 Å². The number of nitrogens with one attached hydrogen (secondary N) is 1. The first-order valence-electron chi connectivity index (χ1n) is 5.07. The summed E-state index contributed by atoms with van der Waals surface area (Å²) in [6.07, 6.45) is 1.15. The average Bonchev–Trinajstić information content (AvgIpc) is 2.74. The molecule has 0 bridgehead atoms. The number of halogens is 2. The first-order chi connectivity index (χ1) is 7.20. The zero-order valence-electron chi connectivity index (χ0n) is 8.63. The molecule has 0 amide bonds. The Morgan fingerprint density at radius 3 is 2.87 bits per heavy atom. The second-order valence-corrected chi connectivity index (χ2v) is 4.62. The molecule has 2 nitrogen and oxygen atoms in total. The minimum Gasteiger partial charge on any atom is -0.369 e. The van der Waals surface area contributed by atoms with Crippen LogP contribution in [0.1, 0.15) is 6.42 Å². The van der Waals surface area contributed by atoms with Crippen molar-refractivity contribution in [1.82, 2.24) is 5.32 Å². The third kappa shape index (κ3) is 2.22. The minimum absolute atomic E-state index is 0.515. The molecule has 4 heteroatoms. The minimum atomic E-state index is 0.515. The van der Waals surface area contributed by atoms with Crippen LogP contribution in [-0.2, 0) is 0 Å². The molecule has 1 N–H and O–H groups in total. The lowest BCUT2D eigenvalue weighted by Gasteiger charge is -2.27. The van der Waals surface area contributed by atoms with E-state index in [1.54, 1.807) is 0 Å². The van der Waals surface area contributed by atoms with Crippen LogP contribution >= 0.6 is 23.2 Å². The number of benzene rings is 1. The molecule has 1 heterocycles. The van der Waals surface area contributed by atoms with Gasteiger partial charge < -0.3 is 10.2 Å². The highest BCUT2D eigenvalue weighted by Gasteiger charge is 2.21. The van der Waals surface area contributed by atoms with Crippen molar-refractivity contribution >= 4 is 28.9 Å². The number of hydrogen-bond donors (Lipinski definition) is 1. The van der Waals surface area contributed by atoms with E-state index in [1.165, 1.54) is 0 Å². The molecule has 1 aliphatic heterocycles. The van der Waals surface area contributed by atoms with Gasteiger partial charge in [-0.3, -0.25) is 0 Å². The molecule has 2 rings (SSSR count). The highest BCUT2D eigenvalue weighted by atomic mass is 35.5. The Hall–Kier alpha value is -0.440. The van der Waals surface area contributed by atoms with E-state index < -0.39 is 0 Å². The van der Waals surface area contributed by atoms with E-state index in [0.717, 1.165) is 25.2 Å². The van der Waals surface area contributed by atoms with Gasteiger partial charge in [0.2, 0.25) is 0 Å². The number of nitrogens with zero attached hydrogens (tertiary/aromatic N) is 1. The van der Waals surface area contributed by atoms with Crippen LogP contribution in [0.2, 0.25) is 10.0 Å². The summed E-state index contributed by atoms with van der Waals surface area (Å²) in [5.74, 6) is 0. The summed E-state index contributed by atoms with van der Waals surface area (Å²) in [4.78, 5) is 2.20. The third-order valence-corrected chi connectivity index (χ3v) is 3.70. The highest BCUT2D eigenvalue weighted by molar-refractivity contribution is 6.43. The van der Waals surface area contributed by atoms with Crippen LogP contribution in [0.25, 0.3) is 0 Å². The lowest BCUT2D eigenvalue weighted by molar-refractivity contribution is 0.686. The molecule has 1 aromatic carbocycles. The Morgan fingerprint density at radius 1 is 1.40 bits per heavy atom. The van der Waals surface area contributed by atoms with E-state index in [9.17, 15) is 0 Å². The lowest BCUT2D eigenvalue weighted by atomic mass is 10.2. The fraction of sp³-hybridized carbons (Fsp3) is 0.455. The molecule has 1 atom stereocenters. The molecule has 0 saturated carbocycles. The average molecular weight is 245 g/mol. The first-order valence-corrected chi connectivity index (χ1v) is 5.83. The molecule has 0 radical (unpaired) electrons. The Morgan fingerprint density at radius 2 is 2.20 bits per heavy atom. The largest absolute Gasteiger partial charge is 0.369 e. The Balaban J connectivity index is 2.24. The van der Waals surface area contributed by atoms with E-state index in [2.05, 4.69) is 17.3 Å². The molecule has 1 aromatic rings. The van der Waals surface area contributed by atoms with Crippen molar-refractivity contribution < 1.29 is 0 Å². The van der Waals surface area contributed by atoms with Gasteiger partial charge in [-0.05, 0) is 25.1 Å². The fourth-order valence-corrected chi connectivity index (χ4v) is 2.36. The Labute approximate surface area is 100 Å². The van der Waals surface area contributed by atoms with Crippen molar-refractivity contribution in [2.24, 2.45) is 0 Å². The second-order valence-electron chi connectivity index (χ2n) is 3.83. The van der Waals surface area contributed by atoms with E-state index in [1.807, 2.05) is 18.2 Å². The molecule has 1 fully saturated rings. The Bertz CT molecular complexity index is 348. The van der Waals surface area contributed by atoms with Gasteiger partial charge in [0, 0.05) is 19.6 Å². The molecule has 0 aliphatic carbocycles. The zero-order valence-corrected chi connectivity index (χ0v) is 10.1. The van der Waals surface area contributed by atoms with Crippen molar-refractivity contribution in [3.05, 3.63) is 28.2 Å². The normalized spacial score (nSPS) is 20.6. The van der Waals surface area contributed by atoms with Crippen molar-refractivity contribution in [2.45, 2.75) is 12.5 Å². The van der Waals surface area contributed by atoms with Crippen molar-refractivity contribution in [3.8, 4) is 0 Å². The zero-order chi connectivity index (χ0) is 10.8. The van der Waals surface area contributed by atoms with Crippen LogP contribution in [-0.4, -0.2) is 26.2 Å². The summed E-state index contributed by atoms with van der Waals surface area (Å²) in [5, 5.41) is 4.60. The van der Waals surface area contributed by atoms with Gasteiger partial charge in [0.15, 0.2) is 0 Å². The first kappa shape index (κ1) is 11.1.